The molecule has 3 aromatic rings. The monoisotopic (exact) mass is 395 g/mol. The lowest BCUT2D eigenvalue weighted by molar-refractivity contribution is -0.125. The molecule has 2 N–H and O–H groups in total. The van der Waals surface area contributed by atoms with Crippen LogP contribution in [0.4, 0.5) is 0 Å². The van der Waals surface area contributed by atoms with E-state index in [0.717, 1.165) is 10.4 Å². The van der Waals surface area contributed by atoms with Crippen LogP contribution in [-0.2, 0) is 17.8 Å². The summed E-state index contributed by atoms with van der Waals surface area (Å²) in [5, 5.41) is 14.5. The Morgan fingerprint density at radius 1 is 1.21 bits per heavy atom. The second-order valence-electron chi connectivity index (χ2n) is 6.30. The zero-order chi connectivity index (χ0) is 19.5. The fraction of sp³-hybridized carbons (Fsp3) is 0.150. The molecule has 8 heteroatoms. The van der Waals surface area contributed by atoms with Crippen LogP contribution >= 0.6 is 11.3 Å². The molecule has 142 valence electrons. The number of carbonyl (C=O) groups is 2. The van der Waals surface area contributed by atoms with E-state index in [9.17, 15) is 9.59 Å². The highest BCUT2D eigenvalue weighted by Crippen LogP contribution is 2.29. The molecule has 28 heavy (non-hydrogen) atoms. The van der Waals surface area contributed by atoms with Crippen molar-refractivity contribution in [1.82, 2.24) is 15.5 Å². The minimum atomic E-state index is -0.752. The summed E-state index contributed by atoms with van der Waals surface area (Å²) < 4.78 is 5.19. The zero-order valence-corrected chi connectivity index (χ0v) is 15.6. The van der Waals surface area contributed by atoms with Crippen molar-refractivity contribution in [2.45, 2.75) is 13.0 Å². The third kappa shape index (κ3) is 3.47. The molecule has 0 saturated carbocycles. The van der Waals surface area contributed by atoms with Crippen molar-refractivity contribution in [2.24, 2.45) is 0 Å². The molecule has 0 saturated heterocycles. The molecular weight excluding hydrogens is 378 g/mol. The molecule has 1 aliphatic heterocycles. The first-order valence-corrected chi connectivity index (χ1v) is 9.57. The fourth-order valence-corrected chi connectivity index (χ4v) is 3.90. The van der Waals surface area contributed by atoms with Gasteiger partial charge in [0.05, 0.1) is 12.1 Å². The summed E-state index contributed by atoms with van der Waals surface area (Å²) in [5.41, 5.74) is 3.61. The number of carbonyl (C=O) groups excluding carboxylic acids is 2. The average molecular weight is 395 g/mol. The summed E-state index contributed by atoms with van der Waals surface area (Å²) >= 11 is 1.50. The molecule has 2 amide bonds. The molecule has 0 spiro atoms. The maximum Gasteiger partial charge on any atom is 0.297 e. The van der Waals surface area contributed by atoms with E-state index in [4.69, 9.17) is 9.73 Å². The second-order valence-corrected chi connectivity index (χ2v) is 7.24. The Morgan fingerprint density at radius 2 is 2.04 bits per heavy atom. The maximum absolute atomic E-state index is 13.3. The van der Waals surface area contributed by atoms with Crippen LogP contribution in [0.2, 0.25) is 0 Å². The summed E-state index contributed by atoms with van der Waals surface area (Å²) in [6.07, 6.45) is 2.33. The molecule has 0 atom stereocenters. The van der Waals surface area contributed by atoms with E-state index in [1.54, 1.807) is 10.4 Å². The minimum Gasteiger partial charge on any atom is -0.360 e. The van der Waals surface area contributed by atoms with Crippen molar-refractivity contribution in [3.8, 4) is 0 Å². The van der Waals surface area contributed by atoms with Crippen LogP contribution in [0.1, 0.15) is 32.3 Å². The van der Waals surface area contributed by atoms with Crippen LogP contribution in [-0.4, -0.2) is 33.6 Å². The number of nitrogens with one attached hydrogen (secondary N) is 1. The molecular formula is C20H17N3O4S. The third-order valence-electron chi connectivity index (χ3n) is 4.56. The Hall–Kier alpha value is -3.23. The SMILES string of the molecule is O=C(NO)c1noc2c1CN(C(=O)C(=Cc1ccccc1)c1cccs1)CC2. The quantitative estimate of drug-likeness (QED) is 0.402. The summed E-state index contributed by atoms with van der Waals surface area (Å²) in [7, 11) is 0. The standard InChI is InChI=1S/C20H17N3O4S/c24-19(21-26)18-15-12-23(9-8-16(15)27-22-18)20(25)14(17-7-4-10-28-17)11-13-5-2-1-3-6-13/h1-7,10-11,26H,8-9,12H2,(H,21,24). The summed E-state index contributed by atoms with van der Waals surface area (Å²) in [5.74, 6) is -0.321. The van der Waals surface area contributed by atoms with Crippen molar-refractivity contribution < 1.29 is 19.3 Å². The van der Waals surface area contributed by atoms with E-state index in [-0.39, 0.29) is 18.1 Å². The molecule has 0 bridgehead atoms. The first-order valence-electron chi connectivity index (χ1n) is 8.69. The number of hydrogen-bond donors (Lipinski definition) is 2. The molecule has 1 aromatic carbocycles. The average Bonchev–Trinajstić information content (AvgIpc) is 3.41. The fourth-order valence-electron chi connectivity index (χ4n) is 3.17. The van der Waals surface area contributed by atoms with Gasteiger partial charge in [0.2, 0.25) is 0 Å². The topological polar surface area (TPSA) is 95.7 Å². The van der Waals surface area contributed by atoms with Gasteiger partial charge in [-0.05, 0) is 23.1 Å². The van der Waals surface area contributed by atoms with E-state index in [2.05, 4.69) is 5.16 Å². The van der Waals surface area contributed by atoms with Gasteiger partial charge < -0.3 is 9.42 Å². The number of fused-ring (bicyclic) bond motifs is 1. The van der Waals surface area contributed by atoms with Crippen LogP contribution in [0.25, 0.3) is 11.6 Å². The van der Waals surface area contributed by atoms with Crippen molar-refractivity contribution >= 4 is 34.8 Å². The van der Waals surface area contributed by atoms with Crippen LogP contribution < -0.4 is 5.48 Å². The number of amides is 2. The van der Waals surface area contributed by atoms with E-state index in [1.165, 1.54) is 11.3 Å². The Kier molecular flexibility index (Phi) is 5.05. The first kappa shape index (κ1) is 18.1. The van der Waals surface area contributed by atoms with Crippen molar-refractivity contribution in [3.63, 3.8) is 0 Å². The lowest BCUT2D eigenvalue weighted by atomic mass is 10.0. The smallest absolute Gasteiger partial charge is 0.297 e. The summed E-state index contributed by atoms with van der Waals surface area (Å²) in [6.45, 7) is 0.649. The number of aromatic nitrogens is 1. The van der Waals surface area contributed by atoms with E-state index in [0.29, 0.717) is 29.9 Å². The van der Waals surface area contributed by atoms with Gasteiger partial charge in [-0.3, -0.25) is 14.8 Å². The highest BCUT2D eigenvalue weighted by molar-refractivity contribution is 7.11. The third-order valence-corrected chi connectivity index (χ3v) is 5.46. The number of benzene rings is 1. The van der Waals surface area contributed by atoms with E-state index >= 15 is 0 Å². The lowest BCUT2D eigenvalue weighted by Crippen LogP contribution is -2.37. The molecule has 0 radical (unpaired) electrons. The lowest BCUT2D eigenvalue weighted by Gasteiger charge is -2.27. The van der Waals surface area contributed by atoms with Gasteiger partial charge in [0, 0.05) is 23.4 Å². The first-order chi connectivity index (χ1) is 13.7. The van der Waals surface area contributed by atoms with Crippen molar-refractivity contribution in [3.05, 3.63) is 75.3 Å². The number of hydroxylamine groups is 1. The normalized spacial score (nSPS) is 13.9. The van der Waals surface area contributed by atoms with Gasteiger partial charge in [0.1, 0.15) is 5.76 Å². The van der Waals surface area contributed by atoms with Crippen molar-refractivity contribution in [2.75, 3.05) is 6.54 Å². The van der Waals surface area contributed by atoms with Gasteiger partial charge in [-0.2, -0.15) is 0 Å². The van der Waals surface area contributed by atoms with Gasteiger partial charge in [-0.25, -0.2) is 5.48 Å². The van der Waals surface area contributed by atoms with Gasteiger partial charge in [-0.15, -0.1) is 11.3 Å². The van der Waals surface area contributed by atoms with Gasteiger partial charge in [0.15, 0.2) is 5.69 Å². The molecule has 3 heterocycles. The van der Waals surface area contributed by atoms with E-state index in [1.807, 2.05) is 53.9 Å². The number of hydrogen-bond acceptors (Lipinski definition) is 6. The molecule has 0 unspecified atom stereocenters. The highest BCUT2D eigenvalue weighted by Gasteiger charge is 2.31. The summed E-state index contributed by atoms with van der Waals surface area (Å²) in [4.78, 5) is 27.7. The molecule has 2 aromatic heterocycles. The number of nitrogens with zero attached hydrogens (tertiary/aromatic N) is 2. The maximum atomic E-state index is 13.3. The molecule has 0 aliphatic carbocycles. The van der Waals surface area contributed by atoms with Crippen LogP contribution in [0.15, 0.2) is 52.4 Å². The Morgan fingerprint density at radius 3 is 2.75 bits per heavy atom. The Balaban J connectivity index is 1.66. The number of rotatable bonds is 4. The van der Waals surface area contributed by atoms with Gasteiger partial charge >= 0.3 is 0 Å². The number of thiophene rings is 1. The van der Waals surface area contributed by atoms with Crippen LogP contribution in [0.5, 0.6) is 0 Å². The molecule has 7 nitrogen and oxygen atoms in total. The molecule has 0 fully saturated rings. The largest absolute Gasteiger partial charge is 0.360 e. The van der Waals surface area contributed by atoms with Gasteiger partial charge in [0.25, 0.3) is 11.8 Å². The predicted molar refractivity (Wildman–Crippen MR) is 104 cm³/mol. The minimum absolute atomic E-state index is 0.000266. The predicted octanol–water partition coefficient (Wildman–Crippen LogP) is 2.98. The summed E-state index contributed by atoms with van der Waals surface area (Å²) in [6, 6.07) is 13.5. The Bertz CT molecular complexity index is 1030. The highest BCUT2D eigenvalue weighted by atomic mass is 32.1. The van der Waals surface area contributed by atoms with Crippen molar-refractivity contribution in [1.29, 1.82) is 0 Å². The molecule has 1 aliphatic rings. The second kappa shape index (κ2) is 7.79. The van der Waals surface area contributed by atoms with Crippen LogP contribution in [0, 0.1) is 0 Å². The van der Waals surface area contributed by atoms with Gasteiger partial charge in [-0.1, -0.05) is 41.6 Å². The van der Waals surface area contributed by atoms with Crippen LogP contribution in [0.3, 0.4) is 0 Å². The molecule has 4 rings (SSSR count). The Labute approximate surface area is 164 Å². The van der Waals surface area contributed by atoms with E-state index < -0.39 is 5.91 Å². The zero-order valence-electron chi connectivity index (χ0n) is 14.8.